The standard InChI is InChI=1S/C12H8BrFN2O3/c13-11-8(3-1-4-9(11)16(17)18)7-19-10-5-2-6-15-12(10)14/h1-6H,7H2. The Morgan fingerprint density at radius 3 is 2.84 bits per heavy atom. The number of hydrogen-bond acceptors (Lipinski definition) is 4. The normalized spacial score (nSPS) is 10.2. The average Bonchev–Trinajstić information content (AvgIpc) is 2.39. The van der Waals surface area contributed by atoms with Crippen LogP contribution in [-0.4, -0.2) is 9.91 Å². The zero-order valence-corrected chi connectivity index (χ0v) is 11.1. The van der Waals surface area contributed by atoms with Crippen LogP contribution in [0.3, 0.4) is 0 Å². The lowest BCUT2D eigenvalue weighted by Gasteiger charge is -2.08. The molecular weight excluding hydrogens is 319 g/mol. The average molecular weight is 327 g/mol. The zero-order chi connectivity index (χ0) is 13.8. The highest BCUT2D eigenvalue weighted by Gasteiger charge is 2.15. The number of halogens is 2. The molecule has 0 spiro atoms. The number of pyridine rings is 1. The van der Waals surface area contributed by atoms with Crippen LogP contribution in [0.5, 0.6) is 5.75 Å². The van der Waals surface area contributed by atoms with Gasteiger partial charge < -0.3 is 4.74 Å². The lowest BCUT2D eigenvalue weighted by Crippen LogP contribution is -2.01. The van der Waals surface area contributed by atoms with Crippen LogP contribution < -0.4 is 4.74 Å². The van der Waals surface area contributed by atoms with E-state index in [1.807, 2.05) is 0 Å². The molecule has 0 radical (unpaired) electrons. The fourth-order valence-electron chi connectivity index (χ4n) is 1.45. The van der Waals surface area contributed by atoms with E-state index in [2.05, 4.69) is 20.9 Å². The Morgan fingerprint density at radius 2 is 2.16 bits per heavy atom. The van der Waals surface area contributed by atoms with Crippen molar-refractivity contribution >= 4 is 21.6 Å². The molecule has 1 heterocycles. The highest BCUT2D eigenvalue weighted by Crippen LogP contribution is 2.29. The largest absolute Gasteiger partial charge is 0.484 e. The van der Waals surface area contributed by atoms with E-state index in [4.69, 9.17) is 4.74 Å². The second-order valence-electron chi connectivity index (χ2n) is 3.59. The van der Waals surface area contributed by atoms with Crippen LogP contribution in [-0.2, 0) is 6.61 Å². The Bertz CT molecular complexity index is 622. The number of nitrogens with zero attached hydrogens (tertiary/aromatic N) is 2. The lowest BCUT2D eigenvalue weighted by molar-refractivity contribution is -0.385. The maximum absolute atomic E-state index is 13.2. The lowest BCUT2D eigenvalue weighted by atomic mass is 10.2. The van der Waals surface area contributed by atoms with E-state index in [-0.39, 0.29) is 18.0 Å². The number of hydrogen-bond donors (Lipinski definition) is 0. The molecular formula is C12H8BrFN2O3. The van der Waals surface area contributed by atoms with Crippen molar-refractivity contribution in [2.75, 3.05) is 0 Å². The van der Waals surface area contributed by atoms with Gasteiger partial charge in [-0.1, -0.05) is 12.1 Å². The van der Waals surface area contributed by atoms with E-state index in [1.165, 1.54) is 18.3 Å². The molecule has 19 heavy (non-hydrogen) atoms. The van der Waals surface area contributed by atoms with Crippen molar-refractivity contribution < 1.29 is 14.1 Å². The number of aromatic nitrogens is 1. The highest BCUT2D eigenvalue weighted by atomic mass is 79.9. The number of benzene rings is 1. The molecule has 5 nitrogen and oxygen atoms in total. The summed E-state index contributed by atoms with van der Waals surface area (Å²) in [6.45, 7) is 0.00484. The van der Waals surface area contributed by atoms with E-state index in [1.54, 1.807) is 18.2 Å². The van der Waals surface area contributed by atoms with Gasteiger partial charge in [0.15, 0.2) is 5.75 Å². The van der Waals surface area contributed by atoms with Gasteiger partial charge in [0.1, 0.15) is 11.1 Å². The van der Waals surface area contributed by atoms with Gasteiger partial charge in [-0.05, 0) is 28.1 Å². The van der Waals surface area contributed by atoms with Crippen molar-refractivity contribution in [2.24, 2.45) is 0 Å². The number of ether oxygens (including phenoxy) is 1. The van der Waals surface area contributed by atoms with Gasteiger partial charge in [0.05, 0.1) is 4.92 Å². The number of nitro groups is 1. The molecule has 0 amide bonds. The first kappa shape index (κ1) is 13.4. The Hall–Kier alpha value is -2.02. The summed E-state index contributed by atoms with van der Waals surface area (Å²) in [6, 6.07) is 7.55. The minimum absolute atomic E-state index is 0.000839. The van der Waals surface area contributed by atoms with E-state index >= 15 is 0 Å². The van der Waals surface area contributed by atoms with Gasteiger partial charge in [-0.3, -0.25) is 10.1 Å². The molecule has 0 bridgehead atoms. The molecule has 0 atom stereocenters. The number of rotatable bonds is 4. The quantitative estimate of drug-likeness (QED) is 0.490. The predicted octanol–water partition coefficient (Wildman–Crippen LogP) is 3.47. The highest BCUT2D eigenvalue weighted by molar-refractivity contribution is 9.10. The number of nitro benzene ring substituents is 1. The first-order valence-corrected chi connectivity index (χ1v) is 6.04. The molecule has 7 heteroatoms. The SMILES string of the molecule is O=[N+]([O-])c1cccc(COc2cccnc2F)c1Br. The minimum atomic E-state index is -0.718. The second-order valence-corrected chi connectivity index (χ2v) is 4.38. The van der Waals surface area contributed by atoms with Crippen LogP contribution in [0, 0.1) is 16.1 Å². The summed E-state index contributed by atoms with van der Waals surface area (Å²) >= 11 is 3.14. The van der Waals surface area contributed by atoms with Gasteiger partial charge >= 0.3 is 0 Å². The van der Waals surface area contributed by atoms with Crippen molar-refractivity contribution in [3.63, 3.8) is 0 Å². The van der Waals surface area contributed by atoms with E-state index in [9.17, 15) is 14.5 Å². The Labute approximate surface area is 116 Å². The monoisotopic (exact) mass is 326 g/mol. The molecule has 0 aliphatic carbocycles. The first-order chi connectivity index (χ1) is 9.09. The van der Waals surface area contributed by atoms with Crippen LogP contribution in [0.15, 0.2) is 41.0 Å². The summed E-state index contributed by atoms with van der Waals surface area (Å²) in [4.78, 5) is 13.7. The summed E-state index contributed by atoms with van der Waals surface area (Å²) < 4.78 is 18.8. The molecule has 0 unspecified atom stereocenters. The molecule has 0 aliphatic heterocycles. The molecule has 0 aliphatic rings. The van der Waals surface area contributed by atoms with Gasteiger partial charge in [-0.2, -0.15) is 4.39 Å². The Kier molecular flexibility index (Phi) is 4.06. The summed E-state index contributed by atoms with van der Waals surface area (Å²) in [5, 5.41) is 10.8. The molecule has 2 aromatic rings. The smallest absolute Gasteiger partial charge is 0.283 e. The minimum Gasteiger partial charge on any atom is -0.484 e. The maximum atomic E-state index is 13.2. The van der Waals surface area contributed by atoms with Gasteiger partial charge in [0, 0.05) is 17.8 Å². The molecule has 0 fully saturated rings. The molecule has 0 saturated carbocycles. The van der Waals surface area contributed by atoms with Gasteiger partial charge in [-0.15, -0.1) is 0 Å². The third-order valence-corrected chi connectivity index (χ3v) is 3.28. The van der Waals surface area contributed by atoms with Gasteiger partial charge in [-0.25, -0.2) is 4.98 Å². The van der Waals surface area contributed by atoms with Crippen LogP contribution in [0.25, 0.3) is 0 Å². The van der Waals surface area contributed by atoms with Crippen LogP contribution >= 0.6 is 15.9 Å². The van der Waals surface area contributed by atoms with Crippen molar-refractivity contribution in [2.45, 2.75) is 6.61 Å². The zero-order valence-electron chi connectivity index (χ0n) is 9.55. The van der Waals surface area contributed by atoms with E-state index in [0.29, 0.717) is 10.0 Å². The van der Waals surface area contributed by atoms with Crippen LogP contribution in [0.2, 0.25) is 0 Å². The molecule has 0 N–H and O–H groups in total. The third-order valence-electron chi connectivity index (χ3n) is 2.36. The fourth-order valence-corrected chi connectivity index (χ4v) is 1.98. The fraction of sp³-hybridized carbons (Fsp3) is 0.0833. The van der Waals surface area contributed by atoms with Crippen LogP contribution in [0.1, 0.15) is 5.56 Å². The van der Waals surface area contributed by atoms with Crippen molar-refractivity contribution in [1.29, 1.82) is 0 Å². The summed E-state index contributed by atoms with van der Waals surface area (Å²) in [7, 11) is 0. The molecule has 2 rings (SSSR count). The topological polar surface area (TPSA) is 65.3 Å². The molecule has 98 valence electrons. The van der Waals surface area contributed by atoms with E-state index in [0.717, 1.165) is 0 Å². The van der Waals surface area contributed by atoms with Gasteiger partial charge in [0.2, 0.25) is 0 Å². The van der Waals surface area contributed by atoms with Gasteiger partial charge in [0.25, 0.3) is 11.6 Å². The van der Waals surface area contributed by atoms with Crippen molar-refractivity contribution in [3.8, 4) is 5.75 Å². The van der Waals surface area contributed by atoms with Crippen LogP contribution in [0.4, 0.5) is 10.1 Å². The first-order valence-electron chi connectivity index (χ1n) is 5.24. The Morgan fingerprint density at radius 1 is 1.37 bits per heavy atom. The summed E-state index contributed by atoms with van der Waals surface area (Å²) in [5.74, 6) is -0.718. The predicted molar refractivity (Wildman–Crippen MR) is 69.3 cm³/mol. The second kappa shape index (κ2) is 5.75. The van der Waals surface area contributed by atoms with Crippen molar-refractivity contribution in [1.82, 2.24) is 4.98 Å². The Balaban J connectivity index is 2.19. The van der Waals surface area contributed by atoms with E-state index < -0.39 is 10.9 Å². The van der Waals surface area contributed by atoms with Crippen molar-refractivity contribution in [3.05, 3.63) is 62.6 Å². The third kappa shape index (κ3) is 3.05. The molecule has 1 aromatic carbocycles. The summed E-state index contributed by atoms with van der Waals surface area (Å²) in [5.41, 5.74) is 0.491. The maximum Gasteiger partial charge on any atom is 0.283 e. The molecule has 0 saturated heterocycles. The summed E-state index contributed by atoms with van der Waals surface area (Å²) in [6.07, 6.45) is 1.31. The molecule has 1 aromatic heterocycles.